The Labute approximate surface area is 140 Å². The average Bonchev–Trinajstić information content (AvgIpc) is 3.08. The fourth-order valence-electron chi connectivity index (χ4n) is 3.10. The first-order chi connectivity index (χ1) is 11.7. The van der Waals surface area contributed by atoms with Crippen LogP contribution in [-0.4, -0.2) is 32.7 Å². The second kappa shape index (κ2) is 6.78. The molecule has 0 amide bonds. The number of methoxy groups -OCH3 is 2. The van der Waals surface area contributed by atoms with Crippen molar-refractivity contribution in [1.82, 2.24) is 0 Å². The highest BCUT2D eigenvalue weighted by Crippen LogP contribution is 2.32. The first kappa shape index (κ1) is 16.1. The van der Waals surface area contributed by atoms with E-state index in [-0.39, 0.29) is 11.7 Å². The van der Waals surface area contributed by atoms with Crippen LogP contribution in [0.1, 0.15) is 38.5 Å². The maximum Gasteiger partial charge on any atom is 0.374 e. The summed E-state index contributed by atoms with van der Waals surface area (Å²) in [6.45, 7) is 1.35. The predicted octanol–water partition coefficient (Wildman–Crippen LogP) is 2.81. The molecule has 0 saturated heterocycles. The van der Waals surface area contributed by atoms with Gasteiger partial charge in [0.25, 0.3) is 0 Å². The molecule has 3 rings (SSSR count). The molecular formula is C18H19NO5. The van der Waals surface area contributed by atoms with Gasteiger partial charge in [0, 0.05) is 24.3 Å². The Morgan fingerprint density at radius 1 is 1.17 bits per heavy atom. The molecule has 0 aliphatic carbocycles. The third kappa shape index (κ3) is 2.87. The van der Waals surface area contributed by atoms with E-state index in [1.54, 1.807) is 12.1 Å². The Kier molecular flexibility index (Phi) is 4.55. The van der Waals surface area contributed by atoms with Gasteiger partial charge in [0.05, 0.1) is 26.0 Å². The fraction of sp³-hybridized carbons (Fsp3) is 0.333. The highest BCUT2D eigenvalue weighted by atomic mass is 16.5. The zero-order valence-corrected chi connectivity index (χ0v) is 13.7. The van der Waals surface area contributed by atoms with Gasteiger partial charge in [-0.1, -0.05) is 6.07 Å². The van der Waals surface area contributed by atoms with E-state index in [4.69, 9.17) is 13.9 Å². The van der Waals surface area contributed by atoms with E-state index in [1.165, 1.54) is 20.5 Å². The Hall–Kier alpha value is -2.76. The SMILES string of the molecule is COC(=O)c1cccc2c1CCCN2Cc1ccoc1C(=O)OC. The summed E-state index contributed by atoms with van der Waals surface area (Å²) in [7, 11) is 2.71. The van der Waals surface area contributed by atoms with Gasteiger partial charge < -0.3 is 18.8 Å². The van der Waals surface area contributed by atoms with Gasteiger partial charge in [-0.25, -0.2) is 9.59 Å². The number of hydrogen-bond acceptors (Lipinski definition) is 6. The summed E-state index contributed by atoms with van der Waals surface area (Å²) in [6.07, 6.45) is 3.23. The van der Waals surface area contributed by atoms with Crippen molar-refractivity contribution < 1.29 is 23.5 Å². The van der Waals surface area contributed by atoms with Crippen molar-refractivity contribution in [2.45, 2.75) is 19.4 Å². The molecule has 1 aliphatic heterocycles. The molecule has 1 aromatic heterocycles. The second-order valence-corrected chi connectivity index (χ2v) is 5.59. The number of esters is 2. The smallest absolute Gasteiger partial charge is 0.374 e. The van der Waals surface area contributed by atoms with Crippen molar-refractivity contribution in [2.75, 3.05) is 25.7 Å². The first-order valence-electron chi connectivity index (χ1n) is 7.75. The Balaban J connectivity index is 1.92. The van der Waals surface area contributed by atoms with Crippen molar-refractivity contribution in [3.63, 3.8) is 0 Å². The highest BCUT2D eigenvalue weighted by Gasteiger charge is 2.25. The third-order valence-electron chi connectivity index (χ3n) is 4.23. The number of anilines is 1. The number of ether oxygens (including phenoxy) is 2. The summed E-state index contributed by atoms with van der Waals surface area (Å²) >= 11 is 0. The number of carbonyl (C=O) groups is 2. The molecular weight excluding hydrogens is 310 g/mol. The van der Waals surface area contributed by atoms with Crippen LogP contribution < -0.4 is 4.90 Å². The lowest BCUT2D eigenvalue weighted by molar-refractivity contribution is 0.0561. The number of carbonyl (C=O) groups excluding carboxylic acids is 2. The Morgan fingerprint density at radius 3 is 2.71 bits per heavy atom. The monoisotopic (exact) mass is 329 g/mol. The molecule has 0 atom stereocenters. The molecule has 0 spiro atoms. The van der Waals surface area contributed by atoms with Crippen molar-refractivity contribution in [3.05, 3.63) is 53.0 Å². The van der Waals surface area contributed by atoms with Crippen LogP contribution in [0.5, 0.6) is 0 Å². The molecule has 6 nitrogen and oxygen atoms in total. The first-order valence-corrected chi connectivity index (χ1v) is 7.75. The largest absolute Gasteiger partial charge is 0.465 e. The molecule has 1 aliphatic rings. The molecule has 1 aromatic carbocycles. The summed E-state index contributed by atoms with van der Waals surface area (Å²) in [5.74, 6) is -0.600. The van der Waals surface area contributed by atoms with Gasteiger partial charge in [0.15, 0.2) is 0 Å². The van der Waals surface area contributed by atoms with Crippen molar-refractivity contribution in [1.29, 1.82) is 0 Å². The van der Waals surface area contributed by atoms with Crippen molar-refractivity contribution >= 4 is 17.6 Å². The van der Waals surface area contributed by atoms with Crippen LogP contribution in [0.3, 0.4) is 0 Å². The molecule has 0 radical (unpaired) electrons. The lowest BCUT2D eigenvalue weighted by atomic mass is 9.96. The van der Waals surface area contributed by atoms with Crippen LogP contribution in [0.4, 0.5) is 5.69 Å². The van der Waals surface area contributed by atoms with Gasteiger partial charge >= 0.3 is 11.9 Å². The lowest BCUT2D eigenvalue weighted by Gasteiger charge is -2.32. The topological polar surface area (TPSA) is 69.0 Å². The zero-order chi connectivity index (χ0) is 17.1. The van der Waals surface area contributed by atoms with Gasteiger partial charge in [0.2, 0.25) is 5.76 Å². The van der Waals surface area contributed by atoms with Gasteiger partial charge in [-0.05, 0) is 36.6 Å². The van der Waals surface area contributed by atoms with Crippen molar-refractivity contribution in [3.8, 4) is 0 Å². The minimum absolute atomic E-state index is 0.216. The van der Waals surface area contributed by atoms with Gasteiger partial charge in [-0.15, -0.1) is 0 Å². The summed E-state index contributed by atoms with van der Waals surface area (Å²) < 4.78 is 14.9. The summed E-state index contributed by atoms with van der Waals surface area (Å²) in [5, 5.41) is 0. The quantitative estimate of drug-likeness (QED) is 0.804. The molecule has 24 heavy (non-hydrogen) atoms. The number of benzene rings is 1. The van der Waals surface area contributed by atoms with Gasteiger partial charge in [0.1, 0.15) is 0 Å². The molecule has 126 valence electrons. The lowest BCUT2D eigenvalue weighted by Crippen LogP contribution is -2.30. The van der Waals surface area contributed by atoms with E-state index in [1.807, 2.05) is 12.1 Å². The number of rotatable bonds is 4. The van der Waals surface area contributed by atoms with E-state index in [2.05, 4.69) is 4.90 Å². The Morgan fingerprint density at radius 2 is 1.96 bits per heavy atom. The number of furan rings is 1. The number of fused-ring (bicyclic) bond motifs is 1. The summed E-state index contributed by atoms with van der Waals surface area (Å²) in [6, 6.07) is 7.38. The van der Waals surface area contributed by atoms with Crippen LogP contribution in [0, 0.1) is 0 Å². The van der Waals surface area contributed by atoms with Crippen LogP contribution in [0.25, 0.3) is 0 Å². The molecule has 0 unspecified atom stereocenters. The fourth-order valence-corrected chi connectivity index (χ4v) is 3.10. The molecule has 0 N–H and O–H groups in total. The number of nitrogens with zero attached hydrogens (tertiary/aromatic N) is 1. The van der Waals surface area contributed by atoms with E-state index in [0.717, 1.165) is 36.2 Å². The van der Waals surface area contributed by atoms with Crippen LogP contribution in [0.15, 0.2) is 34.9 Å². The normalized spacial score (nSPS) is 13.3. The van der Waals surface area contributed by atoms with Crippen LogP contribution in [0.2, 0.25) is 0 Å². The number of hydrogen-bond donors (Lipinski definition) is 0. The molecule has 0 saturated carbocycles. The molecule has 6 heteroatoms. The van der Waals surface area contributed by atoms with E-state index >= 15 is 0 Å². The zero-order valence-electron chi connectivity index (χ0n) is 13.7. The molecule has 2 heterocycles. The van der Waals surface area contributed by atoms with Crippen molar-refractivity contribution in [2.24, 2.45) is 0 Å². The predicted molar refractivity (Wildman–Crippen MR) is 87.2 cm³/mol. The van der Waals surface area contributed by atoms with Gasteiger partial charge in [-0.2, -0.15) is 0 Å². The standard InChI is InChI=1S/C18H19NO5/c1-22-17(20)14-5-3-7-15-13(14)6-4-9-19(15)11-12-8-10-24-16(12)18(21)23-2/h3,5,7-8,10H,4,6,9,11H2,1-2H3. The third-order valence-corrected chi connectivity index (χ3v) is 4.23. The van der Waals surface area contributed by atoms with E-state index < -0.39 is 5.97 Å². The second-order valence-electron chi connectivity index (χ2n) is 5.59. The van der Waals surface area contributed by atoms with Gasteiger partial charge in [-0.3, -0.25) is 0 Å². The Bertz CT molecular complexity index is 765. The minimum Gasteiger partial charge on any atom is -0.465 e. The maximum atomic E-state index is 12.0. The van der Waals surface area contributed by atoms with E-state index in [0.29, 0.717) is 12.1 Å². The molecule has 0 fully saturated rings. The molecule has 0 bridgehead atoms. The highest BCUT2D eigenvalue weighted by molar-refractivity contribution is 5.93. The average molecular weight is 329 g/mol. The maximum absolute atomic E-state index is 12.0. The van der Waals surface area contributed by atoms with Crippen LogP contribution >= 0.6 is 0 Å². The summed E-state index contributed by atoms with van der Waals surface area (Å²) in [4.78, 5) is 25.9. The van der Waals surface area contributed by atoms with E-state index in [9.17, 15) is 9.59 Å². The molecule has 2 aromatic rings. The summed E-state index contributed by atoms with van der Waals surface area (Å²) in [5.41, 5.74) is 3.33. The minimum atomic E-state index is -0.490. The van der Waals surface area contributed by atoms with Crippen LogP contribution in [-0.2, 0) is 22.4 Å².